The van der Waals surface area contributed by atoms with Crippen LogP contribution in [0, 0.1) is 13.8 Å². The SMILES string of the molecule is CCOC(=O)CCNC(=O)C(c1c(C)cccc1C)N(C(=O)C(CCC(N)=O)NC(=O)OC(C)(C)C)C(C)(C)CC. The molecule has 1 rings (SSSR count). The van der Waals surface area contributed by atoms with Crippen LogP contribution < -0.4 is 16.4 Å². The number of esters is 1. The first-order valence-corrected chi connectivity index (χ1v) is 14.1. The number of amides is 4. The highest BCUT2D eigenvalue weighted by Gasteiger charge is 2.44. The molecule has 0 aliphatic rings. The van der Waals surface area contributed by atoms with E-state index < -0.39 is 53.0 Å². The lowest BCUT2D eigenvalue weighted by atomic mass is 9.88. The minimum atomic E-state index is -1.21. The molecule has 0 aliphatic carbocycles. The van der Waals surface area contributed by atoms with Crippen LogP contribution in [0.3, 0.4) is 0 Å². The van der Waals surface area contributed by atoms with Gasteiger partial charge in [-0.05, 0) is 84.9 Å². The molecule has 0 heterocycles. The van der Waals surface area contributed by atoms with E-state index in [1.54, 1.807) is 27.7 Å². The number of nitrogens with one attached hydrogen (secondary N) is 2. The number of hydrogen-bond donors (Lipinski definition) is 3. The number of nitrogens with zero attached hydrogens (tertiary/aromatic N) is 1. The molecule has 230 valence electrons. The van der Waals surface area contributed by atoms with E-state index in [9.17, 15) is 24.0 Å². The molecule has 2 atom stereocenters. The zero-order chi connectivity index (χ0) is 31.5. The first kappa shape index (κ1) is 35.4. The summed E-state index contributed by atoms with van der Waals surface area (Å²) in [5, 5.41) is 5.40. The average molecular weight is 577 g/mol. The minimum absolute atomic E-state index is 0.00887. The number of nitrogens with two attached hydrogens (primary N) is 1. The molecule has 11 nitrogen and oxygen atoms in total. The van der Waals surface area contributed by atoms with E-state index in [2.05, 4.69) is 10.6 Å². The fourth-order valence-corrected chi connectivity index (χ4v) is 4.36. The third kappa shape index (κ3) is 11.0. The molecule has 11 heteroatoms. The number of alkyl carbamates (subject to hydrolysis) is 1. The minimum Gasteiger partial charge on any atom is -0.466 e. The van der Waals surface area contributed by atoms with Gasteiger partial charge in [0, 0.05) is 18.5 Å². The normalized spacial score (nSPS) is 13.0. The molecule has 0 fully saturated rings. The van der Waals surface area contributed by atoms with Crippen LogP contribution in [0.25, 0.3) is 0 Å². The van der Waals surface area contributed by atoms with Crippen LogP contribution in [0.1, 0.15) is 96.9 Å². The Labute approximate surface area is 243 Å². The van der Waals surface area contributed by atoms with Crippen LogP contribution in [0.4, 0.5) is 4.79 Å². The van der Waals surface area contributed by atoms with Gasteiger partial charge < -0.3 is 30.7 Å². The van der Waals surface area contributed by atoms with Gasteiger partial charge in [-0.1, -0.05) is 25.1 Å². The van der Waals surface area contributed by atoms with E-state index in [0.717, 1.165) is 11.1 Å². The maximum atomic E-state index is 14.4. The smallest absolute Gasteiger partial charge is 0.408 e. The third-order valence-corrected chi connectivity index (χ3v) is 6.68. The third-order valence-electron chi connectivity index (χ3n) is 6.68. The summed E-state index contributed by atoms with van der Waals surface area (Å²) >= 11 is 0. The lowest BCUT2D eigenvalue weighted by Gasteiger charge is -2.45. The summed E-state index contributed by atoms with van der Waals surface area (Å²) in [5.41, 5.74) is 5.88. The summed E-state index contributed by atoms with van der Waals surface area (Å²) in [4.78, 5) is 66.2. The van der Waals surface area contributed by atoms with Crippen molar-refractivity contribution in [2.45, 2.75) is 111 Å². The van der Waals surface area contributed by atoms with Crippen molar-refractivity contribution in [3.63, 3.8) is 0 Å². The van der Waals surface area contributed by atoms with Crippen molar-refractivity contribution in [3.8, 4) is 0 Å². The first-order valence-electron chi connectivity index (χ1n) is 14.1. The van der Waals surface area contributed by atoms with Gasteiger partial charge in [-0.2, -0.15) is 0 Å². The highest BCUT2D eigenvalue weighted by Crippen LogP contribution is 2.35. The molecule has 41 heavy (non-hydrogen) atoms. The van der Waals surface area contributed by atoms with Crippen molar-refractivity contribution in [2.75, 3.05) is 13.2 Å². The molecule has 0 saturated carbocycles. The second-order valence-corrected chi connectivity index (χ2v) is 11.6. The van der Waals surface area contributed by atoms with Gasteiger partial charge in [0.25, 0.3) is 0 Å². The van der Waals surface area contributed by atoms with Crippen LogP contribution in [0.2, 0.25) is 0 Å². The van der Waals surface area contributed by atoms with Gasteiger partial charge in [-0.3, -0.25) is 19.2 Å². The number of benzene rings is 1. The number of carbonyl (C=O) groups is 5. The number of carbonyl (C=O) groups excluding carboxylic acids is 5. The Kier molecular flexibility index (Phi) is 13.3. The van der Waals surface area contributed by atoms with Crippen molar-refractivity contribution < 1.29 is 33.4 Å². The number of primary amides is 1. The van der Waals surface area contributed by atoms with Crippen LogP contribution in [0.5, 0.6) is 0 Å². The Morgan fingerprint density at radius 1 is 0.976 bits per heavy atom. The van der Waals surface area contributed by atoms with Gasteiger partial charge in [-0.15, -0.1) is 0 Å². The zero-order valence-corrected chi connectivity index (χ0v) is 26.0. The van der Waals surface area contributed by atoms with E-state index in [1.807, 2.05) is 52.8 Å². The molecule has 0 aliphatic heterocycles. The monoisotopic (exact) mass is 576 g/mol. The van der Waals surface area contributed by atoms with Gasteiger partial charge >= 0.3 is 12.1 Å². The Balaban J connectivity index is 3.68. The Morgan fingerprint density at radius 3 is 2.05 bits per heavy atom. The van der Waals surface area contributed by atoms with Gasteiger partial charge in [0.2, 0.25) is 17.7 Å². The van der Waals surface area contributed by atoms with Crippen LogP contribution >= 0.6 is 0 Å². The molecule has 4 N–H and O–H groups in total. The molecular weight excluding hydrogens is 528 g/mol. The van der Waals surface area contributed by atoms with E-state index in [-0.39, 0.29) is 32.4 Å². The summed E-state index contributed by atoms with van der Waals surface area (Å²) in [6.45, 7) is 16.3. The summed E-state index contributed by atoms with van der Waals surface area (Å²) in [6, 6.07) is 3.25. The lowest BCUT2D eigenvalue weighted by Crippen LogP contribution is -2.59. The van der Waals surface area contributed by atoms with Crippen LogP contribution in [-0.2, 0) is 28.7 Å². The highest BCUT2D eigenvalue weighted by molar-refractivity contribution is 5.93. The number of aryl methyl sites for hydroxylation is 2. The van der Waals surface area contributed by atoms with E-state index in [1.165, 1.54) is 4.90 Å². The van der Waals surface area contributed by atoms with Crippen LogP contribution in [-0.4, -0.2) is 65.0 Å². The molecule has 4 amide bonds. The molecule has 0 bridgehead atoms. The molecule has 1 aromatic rings. The summed E-state index contributed by atoms with van der Waals surface area (Å²) in [6.07, 6.45) is -0.672. The van der Waals surface area contributed by atoms with E-state index >= 15 is 0 Å². The van der Waals surface area contributed by atoms with Crippen molar-refractivity contribution in [2.24, 2.45) is 5.73 Å². The standard InChI is InChI=1S/C30H48N4O7/c1-10-30(8,9)34(27(38)21(15-16-22(31)35)33-28(39)41-29(5,6)7)25(24-19(3)13-12-14-20(24)4)26(37)32-18-17-23(36)40-11-2/h12-14,21,25H,10-11,15-18H2,1-9H3,(H2,31,35)(H,32,37)(H,33,39). The van der Waals surface area contributed by atoms with Gasteiger partial charge in [-0.25, -0.2) is 4.79 Å². The van der Waals surface area contributed by atoms with Crippen molar-refractivity contribution in [1.29, 1.82) is 0 Å². The number of hydrogen-bond acceptors (Lipinski definition) is 7. The zero-order valence-electron chi connectivity index (χ0n) is 26.0. The summed E-state index contributed by atoms with van der Waals surface area (Å²) in [5.74, 6) is -2.16. The molecule has 1 aromatic carbocycles. The average Bonchev–Trinajstić information content (AvgIpc) is 2.84. The van der Waals surface area contributed by atoms with Crippen molar-refractivity contribution in [1.82, 2.24) is 15.5 Å². The second-order valence-electron chi connectivity index (χ2n) is 11.6. The Hall–Kier alpha value is -3.63. The van der Waals surface area contributed by atoms with E-state index in [4.69, 9.17) is 15.2 Å². The molecule has 2 unspecified atom stereocenters. The molecule has 0 saturated heterocycles. The fraction of sp³-hybridized carbons (Fsp3) is 0.633. The van der Waals surface area contributed by atoms with Crippen molar-refractivity contribution in [3.05, 3.63) is 34.9 Å². The molecule has 0 aromatic heterocycles. The number of rotatable bonds is 14. The first-order chi connectivity index (χ1) is 18.9. The summed E-state index contributed by atoms with van der Waals surface area (Å²) in [7, 11) is 0. The number of ether oxygens (including phenoxy) is 2. The predicted octanol–water partition coefficient (Wildman–Crippen LogP) is 3.59. The largest absolute Gasteiger partial charge is 0.466 e. The second kappa shape index (κ2) is 15.4. The fourth-order valence-electron chi connectivity index (χ4n) is 4.36. The highest BCUT2D eigenvalue weighted by atomic mass is 16.6. The molecule has 0 radical (unpaired) electrons. The van der Waals surface area contributed by atoms with E-state index in [0.29, 0.717) is 12.0 Å². The molecule has 0 spiro atoms. The quantitative estimate of drug-likeness (QED) is 0.286. The van der Waals surface area contributed by atoms with Gasteiger partial charge in [0.15, 0.2) is 0 Å². The predicted molar refractivity (Wildman–Crippen MR) is 156 cm³/mol. The van der Waals surface area contributed by atoms with Crippen molar-refractivity contribution >= 4 is 29.8 Å². The van der Waals surface area contributed by atoms with Gasteiger partial charge in [0.05, 0.1) is 13.0 Å². The Bertz CT molecular complexity index is 1070. The molecular formula is C30H48N4O7. The van der Waals surface area contributed by atoms with Gasteiger partial charge in [0.1, 0.15) is 17.7 Å². The summed E-state index contributed by atoms with van der Waals surface area (Å²) < 4.78 is 10.4. The maximum absolute atomic E-state index is 14.4. The topological polar surface area (TPSA) is 157 Å². The maximum Gasteiger partial charge on any atom is 0.408 e. The lowest BCUT2D eigenvalue weighted by molar-refractivity contribution is -0.150. The van der Waals surface area contributed by atoms with Crippen LogP contribution in [0.15, 0.2) is 18.2 Å². The Morgan fingerprint density at radius 2 is 1.56 bits per heavy atom.